The molecule has 5 heteroatoms. The van der Waals surface area contributed by atoms with Crippen molar-refractivity contribution in [2.45, 2.75) is 0 Å². The van der Waals surface area contributed by atoms with Crippen LogP contribution in [0.5, 0.6) is 0 Å². The monoisotopic (exact) mass is 190 g/mol. The lowest BCUT2D eigenvalue weighted by atomic mass is 10.3. The zero-order valence-corrected chi connectivity index (χ0v) is 7.77. The third-order valence-corrected chi connectivity index (χ3v) is 1.88. The van der Waals surface area contributed by atoms with Gasteiger partial charge in [0.05, 0.1) is 6.54 Å². The van der Waals surface area contributed by atoms with Gasteiger partial charge in [0.15, 0.2) is 5.78 Å². The van der Waals surface area contributed by atoms with E-state index in [2.05, 4.69) is 15.3 Å². The summed E-state index contributed by atoms with van der Waals surface area (Å²) in [5.74, 6) is -0.0174. The number of imidazole rings is 1. The number of fused-ring (bicyclic) bond motifs is 1. The molecule has 0 unspecified atom stereocenters. The number of nitrogens with zero attached hydrogens (tertiary/aromatic N) is 3. The summed E-state index contributed by atoms with van der Waals surface area (Å²) >= 11 is 0. The molecule has 0 atom stereocenters. The number of likely N-dealkylation sites (N-methyl/N-ethyl adjacent to an activating group) is 1. The van der Waals surface area contributed by atoms with Crippen LogP contribution < -0.4 is 5.32 Å². The molecular formula is C9H10N4O. The molecule has 0 fully saturated rings. The molecule has 0 aliphatic heterocycles. The summed E-state index contributed by atoms with van der Waals surface area (Å²) in [5.41, 5.74) is 1.20. The second-order valence-electron chi connectivity index (χ2n) is 2.93. The predicted octanol–water partition coefficient (Wildman–Crippen LogP) is 0.131. The summed E-state index contributed by atoms with van der Waals surface area (Å²) < 4.78 is 1.73. The molecule has 2 aromatic rings. The highest BCUT2D eigenvalue weighted by molar-refractivity contribution is 5.96. The Morgan fingerprint density at radius 3 is 3.21 bits per heavy atom. The third-order valence-electron chi connectivity index (χ3n) is 1.88. The first-order chi connectivity index (χ1) is 6.81. The summed E-state index contributed by atoms with van der Waals surface area (Å²) in [4.78, 5) is 19.5. The molecule has 0 aliphatic carbocycles. The fourth-order valence-electron chi connectivity index (χ4n) is 1.23. The van der Waals surface area contributed by atoms with Gasteiger partial charge in [0.25, 0.3) is 0 Å². The quantitative estimate of drug-likeness (QED) is 0.699. The van der Waals surface area contributed by atoms with Gasteiger partial charge in [0, 0.05) is 12.4 Å². The van der Waals surface area contributed by atoms with E-state index in [1.807, 2.05) is 0 Å². The van der Waals surface area contributed by atoms with Crippen LogP contribution in [0.3, 0.4) is 0 Å². The predicted molar refractivity (Wildman–Crippen MR) is 51.2 cm³/mol. The average Bonchev–Trinajstić information content (AvgIpc) is 2.61. The van der Waals surface area contributed by atoms with Crippen molar-refractivity contribution < 1.29 is 4.79 Å². The number of aromatic nitrogens is 3. The van der Waals surface area contributed by atoms with Crippen LogP contribution in [0, 0.1) is 0 Å². The van der Waals surface area contributed by atoms with Crippen LogP contribution in [0.2, 0.25) is 0 Å². The molecule has 5 nitrogen and oxygen atoms in total. The van der Waals surface area contributed by atoms with Crippen LogP contribution in [-0.4, -0.2) is 33.7 Å². The van der Waals surface area contributed by atoms with Crippen molar-refractivity contribution in [1.29, 1.82) is 0 Å². The van der Waals surface area contributed by atoms with E-state index in [1.165, 1.54) is 0 Å². The first-order valence-corrected chi connectivity index (χ1v) is 4.28. The van der Waals surface area contributed by atoms with E-state index < -0.39 is 0 Å². The summed E-state index contributed by atoms with van der Waals surface area (Å²) in [5, 5.41) is 2.80. The minimum Gasteiger partial charge on any atom is -0.313 e. The summed E-state index contributed by atoms with van der Waals surface area (Å²) in [6.07, 6.45) is 4.95. The van der Waals surface area contributed by atoms with E-state index in [-0.39, 0.29) is 5.78 Å². The van der Waals surface area contributed by atoms with Gasteiger partial charge < -0.3 is 5.32 Å². The van der Waals surface area contributed by atoms with Gasteiger partial charge in [-0.3, -0.25) is 9.20 Å². The molecule has 2 rings (SSSR count). The maximum Gasteiger partial charge on any atom is 0.196 e. The molecule has 2 heterocycles. The van der Waals surface area contributed by atoms with Gasteiger partial charge in [-0.25, -0.2) is 9.97 Å². The average molecular weight is 190 g/mol. The van der Waals surface area contributed by atoms with Gasteiger partial charge in [0.1, 0.15) is 17.7 Å². The van der Waals surface area contributed by atoms with Crippen LogP contribution in [-0.2, 0) is 0 Å². The van der Waals surface area contributed by atoms with Crippen molar-refractivity contribution in [3.8, 4) is 0 Å². The van der Waals surface area contributed by atoms with Crippen LogP contribution in [0.15, 0.2) is 24.8 Å². The van der Waals surface area contributed by atoms with Crippen LogP contribution >= 0.6 is 0 Å². The maximum atomic E-state index is 11.5. The summed E-state index contributed by atoms with van der Waals surface area (Å²) in [6.45, 7) is 0.303. The molecule has 2 aromatic heterocycles. The minimum atomic E-state index is -0.0174. The lowest BCUT2D eigenvalue weighted by Crippen LogP contribution is -2.18. The van der Waals surface area contributed by atoms with Crippen molar-refractivity contribution in [2.75, 3.05) is 13.6 Å². The molecular weight excluding hydrogens is 180 g/mol. The van der Waals surface area contributed by atoms with Gasteiger partial charge in [-0.15, -0.1) is 0 Å². The number of carbonyl (C=O) groups is 1. The van der Waals surface area contributed by atoms with Crippen LogP contribution in [0.25, 0.3) is 5.65 Å². The Morgan fingerprint density at radius 1 is 1.64 bits per heavy atom. The summed E-state index contributed by atoms with van der Waals surface area (Å²) in [6, 6.07) is 1.76. The van der Waals surface area contributed by atoms with Gasteiger partial charge in [0.2, 0.25) is 0 Å². The minimum absolute atomic E-state index is 0.0174. The molecule has 14 heavy (non-hydrogen) atoms. The maximum absolute atomic E-state index is 11.5. The normalized spacial score (nSPS) is 10.6. The number of hydrogen-bond donors (Lipinski definition) is 1. The largest absolute Gasteiger partial charge is 0.313 e. The second-order valence-corrected chi connectivity index (χ2v) is 2.93. The number of ketones is 1. The number of carbonyl (C=O) groups excluding carboxylic acids is 1. The smallest absolute Gasteiger partial charge is 0.196 e. The van der Waals surface area contributed by atoms with Gasteiger partial charge >= 0.3 is 0 Å². The third kappa shape index (κ3) is 1.49. The standard InChI is InChI=1S/C9H10N4O/c1-10-4-8(14)7-5-13-6-11-3-2-9(13)12-7/h2-3,5-6,10H,4H2,1H3. The Balaban J connectivity index is 2.40. The molecule has 1 N–H and O–H groups in total. The topological polar surface area (TPSA) is 59.3 Å². The van der Waals surface area contributed by atoms with Crippen molar-refractivity contribution >= 4 is 11.4 Å². The number of hydrogen-bond acceptors (Lipinski definition) is 4. The highest BCUT2D eigenvalue weighted by Gasteiger charge is 2.08. The van der Waals surface area contributed by atoms with E-state index in [4.69, 9.17) is 0 Å². The van der Waals surface area contributed by atoms with Gasteiger partial charge in [-0.05, 0) is 13.1 Å². The SMILES string of the molecule is CNCC(=O)c1cn2cnccc2n1. The molecule has 0 radical (unpaired) electrons. The molecule has 0 aliphatic rings. The van der Waals surface area contributed by atoms with E-state index in [9.17, 15) is 4.79 Å². The Hall–Kier alpha value is -1.75. The first-order valence-electron chi connectivity index (χ1n) is 4.28. The molecule has 0 aromatic carbocycles. The molecule has 0 bridgehead atoms. The van der Waals surface area contributed by atoms with E-state index in [0.29, 0.717) is 12.2 Å². The van der Waals surface area contributed by atoms with Crippen molar-refractivity contribution in [3.63, 3.8) is 0 Å². The molecule has 0 spiro atoms. The second kappa shape index (κ2) is 3.55. The molecule has 0 saturated carbocycles. The van der Waals surface area contributed by atoms with Crippen molar-refractivity contribution in [2.24, 2.45) is 0 Å². The Morgan fingerprint density at radius 2 is 2.50 bits per heavy atom. The van der Waals surface area contributed by atoms with E-state index in [1.54, 1.807) is 36.2 Å². The zero-order chi connectivity index (χ0) is 9.97. The molecule has 72 valence electrons. The van der Waals surface area contributed by atoms with Gasteiger partial charge in [-0.1, -0.05) is 0 Å². The number of nitrogens with one attached hydrogen (secondary N) is 1. The Bertz CT molecular complexity index is 430. The lowest BCUT2D eigenvalue weighted by Gasteiger charge is -1.92. The fourth-order valence-corrected chi connectivity index (χ4v) is 1.23. The first kappa shape index (κ1) is 8.83. The molecule has 0 saturated heterocycles. The Labute approximate surface area is 80.8 Å². The zero-order valence-electron chi connectivity index (χ0n) is 7.77. The molecule has 0 amide bonds. The summed E-state index contributed by atoms with van der Waals surface area (Å²) in [7, 11) is 1.73. The van der Waals surface area contributed by atoms with Crippen LogP contribution in [0.4, 0.5) is 0 Å². The number of rotatable bonds is 3. The van der Waals surface area contributed by atoms with Crippen molar-refractivity contribution in [1.82, 2.24) is 19.7 Å². The fraction of sp³-hybridized carbons (Fsp3) is 0.222. The lowest BCUT2D eigenvalue weighted by molar-refractivity contribution is 0.0989. The van der Waals surface area contributed by atoms with Crippen LogP contribution in [0.1, 0.15) is 10.5 Å². The van der Waals surface area contributed by atoms with Crippen molar-refractivity contribution in [3.05, 3.63) is 30.5 Å². The van der Waals surface area contributed by atoms with E-state index >= 15 is 0 Å². The van der Waals surface area contributed by atoms with E-state index in [0.717, 1.165) is 5.65 Å². The Kier molecular flexibility index (Phi) is 2.24. The highest BCUT2D eigenvalue weighted by Crippen LogP contribution is 2.03. The highest BCUT2D eigenvalue weighted by atomic mass is 16.1. The number of Topliss-reactive ketones (excluding diaryl/α,β-unsaturated/α-hetero) is 1. The van der Waals surface area contributed by atoms with Gasteiger partial charge in [-0.2, -0.15) is 0 Å².